The molecule has 0 aliphatic rings. The van der Waals surface area contributed by atoms with Crippen molar-refractivity contribution in [2.45, 2.75) is 39.4 Å². The number of nitrogens with zero attached hydrogens (tertiary/aromatic N) is 5. The van der Waals surface area contributed by atoms with E-state index in [9.17, 15) is 4.79 Å². The van der Waals surface area contributed by atoms with Crippen LogP contribution in [0.1, 0.15) is 31.4 Å². The van der Waals surface area contributed by atoms with Crippen LogP contribution in [0.15, 0.2) is 36.9 Å². The Labute approximate surface area is 130 Å². The Morgan fingerprint density at radius 1 is 1.36 bits per heavy atom. The highest BCUT2D eigenvalue weighted by atomic mass is 16.2. The smallest absolute Gasteiger partial charge is 0.224 e. The zero-order chi connectivity index (χ0) is 15.9. The average Bonchev–Trinajstić information content (AvgIpc) is 3.04. The number of amides is 1. The van der Waals surface area contributed by atoms with E-state index >= 15 is 0 Å². The molecule has 0 aliphatic carbocycles. The van der Waals surface area contributed by atoms with E-state index in [-0.39, 0.29) is 11.9 Å². The van der Waals surface area contributed by atoms with Crippen molar-refractivity contribution in [1.82, 2.24) is 19.7 Å². The fourth-order valence-corrected chi connectivity index (χ4v) is 2.14. The van der Waals surface area contributed by atoms with Gasteiger partial charge in [0.15, 0.2) is 0 Å². The topological polar surface area (TPSA) is 74.8 Å². The van der Waals surface area contributed by atoms with Crippen LogP contribution >= 0.6 is 0 Å². The van der Waals surface area contributed by atoms with Crippen LogP contribution in [0.4, 0.5) is 0 Å². The molecule has 0 radical (unpaired) electrons. The molecule has 0 aliphatic heterocycles. The zero-order valence-corrected chi connectivity index (χ0v) is 12.8. The predicted molar refractivity (Wildman–Crippen MR) is 81.5 cm³/mol. The molecule has 6 heteroatoms. The van der Waals surface area contributed by atoms with Crippen molar-refractivity contribution in [3.05, 3.63) is 48.0 Å². The molecule has 2 rings (SSSR count). The summed E-state index contributed by atoms with van der Waals surface area (Å²) in [4.78, 5) is 18.1. The standard InChI is InChI=1S/C16H19N5O/c1-13(2)21(10-15-5-3-14(9-17)4-6-15)16(22)7-8-20-12-18-11-19-20/h3-6,11-13H,7-8,10H2,1-2H3. The molecule has 0 saturated carbocycles. The molecule has 1 heterocycles. The highest BCUT2D eigenvalue weighted by Crippen LogP contribution is 2.11. The number of hydrogen-bond donors (Lipinski definition) is 0. The van der Waals surface area contributed by atoms with Crippen LogP contribution in [-0.2, 0) is 17.9 Å². The van der Waals surface area contributed by atoms with Crippen molar-refractivity contribution in [3.8, 4) is 6.07 Å². The SMILES string of the molecule is CC(C)N(Cc1ccc(C#N)cc1)C(=O)CCn1cncn1. The van der Waals surface area contributed by atoms with E-state index < -0.39 is 0 Å². The molecule has 0 fully saturated rings. The van der Waals surface area contributed by atoms with Crippen LogP contribution in [-0.4, -0.2) is 31.6 Å². The molecule has 0 unspecified atom stereocenters. The molecular weight excluding hydrogens is 278 g/mol. The second-order valence-corrected chi connectivity index (χ2v) is 5.33. The van der Waals surface area contributed by atoms with Gasteiger partial charge in [0.1, 0.15) is 12.7 Å². The van der Waals surface area contributed by atoms with Crippen LogP contribution < -0.4 is 0 Å². The first kappa shape index (κ1) is 15.7. The normalized spacial score (nSPS) is 10.5. The molecule has 2 aromatic rings. The summed E-state index contributed by atoms with van der Waals surface area (Å²) in [6.07, 6.45) is 3.45. The van der Waals surface area contributed by atoms with Crippen molar-refractivity contribution in [1.29, 1.82) is 5.26 Å². The van der Waals surface area contributed by atoms with Crippen molar-refractivity contribution < 1.29 is 4.79 Å². The summed E-state index contributed by atoms with van der Waals surface area (Å²) < 4.78 is 1.65. The summed E-state index contributed by atoms with van der Waals surface area (Å²) in [5, 5.41) is 12.8. The molecule has 1 aromatic heterocycles. The molecule has 1 aromatic carbocycles. The van der Waals surface area contributed by atoms with E-state index in [2.05, 4.69) is 16.2 Å². The van der Waals surface area contributed by atoms with E-state index in [1.807, 2.05) is 30.9 Å². The largest absolute Gasteiger partial charge is 0.336 e. The minimum Gasteiger partial charge on any atom is -0.336 e. The number of carbonyl (C=O) groups is 1. The van der Waals surface area contributed by atoms with E-state index in [0.29, 0.717) is 25.1 Å². The van der Waals surface area contributed by atoms with Crippen molar-refractivity contribution in [2.75, 3.05) is 0 Å². The number of aromatic nitrogens is 3. The Hall–Kier alpha value is -2.68. The van der Waals surface area contributed by atoms with Gasteiger partial charge in [0.2, 0.25) is 5.91 Å². The van der Waals surface area contributed by atoms with E-state index in [1.54, 1.807) is 23.1 Å². The third-order valence-electron chi connectivity index (χ3n) is 3.40. The van der Waals surface area contributed by atoms with E-state index in [0.717, 1.165) is 5.56 Å². The molecule has 0 N–H and O–H groups in total. The van der Waals surface area contributed by atoms with Crippen LogP contribution in [0, 0.1) is 11.3 Å². The van der Waals surface area contributed by atoms with Gasteiger partial charge in [-0.3, -0.25) is 9.48 Å². The summed E-state index contributed by atoms with van der Waals surface area (Å²) in [6, 6.07) is 9.52. The molecule has 6 nitrogen and oxygen atoms in total. The van der Waals surface area contributed by atoms with Gasteiger partial charge in [0, 0.05) is 19.0 Å². The van der Waals surface area contributed by atoms with Crippen LogP contribution in [0.25, 0.3) is 0 Å². The van der Waals surface area contributed by atoms with Gasteiger partial charge >= 0.3 is 0 Å². The Kier molecular flexibility index (Phi) is 5.26. The summed E-state index contributed by atoms with van der Waals surface area (Å²) in [5.41, 5.74) is 1.64. The lowest BCUT2D eigenvalue weighted by molar-refractivity contribution is -0.133. The van der Waals surface area contributed by atoms with Gasteiger partial charge in [-0.25, -0.2) is 4.98 Å². The van der Waals surface area contributed by atoms with Gasteiger partial charge in [0.05, 0.1) is 18.2 Å². The highest BCUT2D eigenvalue weighted by molar-refractivity contribution is 5.76. The molecule has 0 atom stereocenters. The molecule has 0 saturated heterocycles. The maximum atomic E-state index is 12.4. The molecule has 0 spiro atoms. The fraction of sp³-hybridized carbons (Fsp3) is 0.375. The number of hydrogen-bond acceptors (Lipinski definition) is 4. The number of aryl methyl sites for hydroxylation is 1. The maximum absolute atomic E-state index is 12.4. The van der Waals surface area contributed by atoms with E-state index in [4.69, 9.17) is 5.26 Å². The van der Waals surface area contributed by atoms with Gasteiger partial charge < -0.3 is 4.90 Å². The lowest BCUT2D eigenvalue weighted by Gasteiger charge is -2.27. The third-order valence-corrected chi connectivity index (χ3v) is 3.40. The first-order chi connectivity index (χ1) is 10.6. The van der Waals surface area contributed by atoms with Crippen LogP contribution in [0.5, 0.6) is 0 Å². The Morgan fingerprint density at radius 2 is 2.09 bits per heavy atom. The number of nitriles is 1. The minimum absolute atomic E-state index is 0.0786. The van der Waals surface area contributed by atoms with Crippen molar-refractivity contribution in [3.63, 3.8) is 0 Å². The lowest BCUT2D eigenvalue weighted by Crippen LogP contribution is -2.36. The zero-order valence-electron chi connectivity index (χ0n) is 12.8. The Balaban J connectivity index is 1.99. The van der Waals surface area contributed by atoms with Gasteiger partial charge in [-0.15, -0.1) is 0 Å². The monoisotopic (exact) mass is 297 g/mol. The molecular formula is C16H19N5O. The highest BCUT2D eigenvalue weighted by Gasteiger charge is 2.17. The summed E-state index contributed by atoms with van der Waals surface area (Å²) in [7, 11) is 0. The van der Waals surface area contributed by atoms with E-state index in [1.165, 1.54) is 6.33 Å². The van der Waals surface area contributed by atoms with Gasteiger partial charge in [-0.1, -0.05) is 12.1 Å². The van der Waals surface area contributed by atoms with Gasteiger partial charge in [0.25, 0.3) is 0 Å². The van der Waals surface area contributed by atoms with Crippen LogP contribution in [0.2, 0.25) is 0 Å². The van der Waals surface area contributed by atoms with Gasteiger partial charge in [-0.05, 0) is 31.5 Å². The van der Waals surface area contributed by atoms with Gasteiger partial charge in [-0.2, -0.15) is 10.4 Å². The second kappa shape index (κ2) is 7.36. The van der Waals surface area contributed by atoms with Crippen molar-refractivity contribution in [2.24, 2.45) is 0 Å². The minimum atomic E-state index is 0.0786. The Morgan fingerprint density at radius 3 is 2.64 bits per heavy atom. The second-order valence-electron chi connectivity index (χ2n) is 5.33. The maximum Gasteiger partial charge on any atom is 0.224 e. The Bertz CT molecular complexity index is 640. The molecule has 1 amide bonds. The summed E-state index contributed by atoms with van der Waals surface area (Å²) in [6.45, 7) is 5.06. The average molecular weight is 297 g/mol. The third kappa shape index (κ3) is 4.16. The lowest BCUT2D eigenvalue weighted by atomic mass is 10.1. The summed E-state index contributed by atoms with van der Waals surface area (Å²) in [5.74, 6) is 0.0786. The fourth-order valence-electron chi connectivity index (χ4n) is 2.14. The molecule has 114 valence electrons. The van der Waals surface area contributed by atoms with Crippen molar-refractivity contribution >= 4 is 5.91 Å². The number of rotatable bonds is 6. The molecule has 0 bridgehead atoms. The van der Waals surface area contributed by atoms with Crippen LogP contribution in [0.3, 0.4) is 0 Å². The quantitative estimate of drug-likeness (QED) is 0.817. The molecule has 22 heavy (non-hydrogen) atoms. The number of carbonyl (C=O) groups excluding carboxylic acids is 1. The first-order valence-electron chi connectivity index (χ1n) is 7.21. The predicted octanol–water partition coefficient (Wildman–Crippen LogP) is 1.98. The summed E-state index contributed by atoms with van der Waals surface area (Å²) >= 11 is 0. The first-order valence-corrected chi connectivity index (χ1v) is 7.21. The number of benzene rings is 1.